The Balaban J connectivity index is 1.92. The second-order valence-electron chi connectivity index (χ2n) is 5.20. The van der Waals surface area contributed by atoms with Crippen LogP contribution >= 0.6 is 0 Å². The van der Waals surface area contributed by atoms with Crippen LogP contribution in [0.4, 0.5) is 14.5 Å². The molecule has 0 aliphatic carbocycles. The van der Waals surface area contributed by atoms with Crippen LogP contribution in [0.3, 0.4) is 0 Å². The zero-order valence-electron chi connectivity index (χ0n) is 14.6. The maximum absolute atomic E-state index is 13.5. The van der Waals surface area contributed by atoms with Gasteiger partial charge in [0.1, 0.15) is 11.6 Å². The third kappa shape index (κ3) is 5.53. The molecule has 142 valence electrons. The lowest BCUT2D eigenvalue weighted by Crippen LogP contribution is -2.20. The van der Waals surface area contributed by atoms with Crippen molar-refractivity contribution in [3.05, 3.63) is 59.7 Å². The maximum atomic E-state index is 13.5. The van der Waals surface area contributed by atoms with E-state index in [1.807, 2.05) is 0 Å². The first-order chi connectivity index (χ1) is 12.9. The van der Waals surface area contributed by atoms with E-state index in [4.69, 9.17) is 14.2 Å². The Morgan fingerprint density at radius 2 is 1.89 bits per heavy atom. The number of nitrogens with one attached hydrogen (secondary N) is 1. The summed E-state index contributed by atoms with van der Waals surface area (Å²) in [5, 5.41) is 2.18. The molecule has 2 aromatic carbocycles. The number of halogens is 2. The molecule has 27 heavy (non-hydrogen) atoms. The van der Waals surface area contributed by atoms with Crippen LogP contribution in [-0.4, -0.2) is 32.7 Å². The first-order valence-corrected chi connectivity index (χ1v) is 7.75. The van der Waals surface area contributed by atoms with Crippen LogP contribution in [0.15, 0.2) is 42.5 Å². The molecule has 0 saturated heterocycles. The molecule has 0 aliphatic heterocycles. The molecule has 0 aromatic heterocycles. The standard InChI is InChI=1S/C19H17F2NO5/c1-25-16-5-3-4-12(19(16)26-2)6-9-18(24)27-11-17(23)22-15-8-7-13(20)10-14(15)21/h3-10H,11H2,1-2H3,(H,22,23). The van der Waals surface area contributed by atoms with Crippen molar-refractivity contribution in [2.24, 2.45) is 0 Å². The van der Waals surface area contributed by atoms with Gasteiger partial charge in [-0.2, -0.15) is 0 Å². The van der Waals surface area contributed by atoms with Crippen LogP contribution in [0.1, 0.15) is 5.56 Å². The third-order valence-corrected chi connectivity index (χ3v) is 3.38. The third-order valence-electron chi connectivity index (χ3n) is 3.38. The van der Waals surface area contributed by atoms with Gasteiger partial charge in [-0.3, -0.25) is 4.79 Å². The van der Waals surface area contributed by atoms with Gasteiger partial charge in [0.15, 0.2) is 18.1 Å². The Morgan fingerprint density at radius 1 is 1.11 bits per heavy atom. The molecule has 6 nitrogen and oxygen atoms in total. The molecular formula is C19H17F2NO5. The second-order valence-corrected chi connectivity index (χ2v) is 5.20. The number of esters is 1. The molecule has 2 rings (SSSR count). The lowest BCUT2D eigenvalue weighted by molar-refractivity contribution is -0.142. The van der Waals surface area contributed by atoms with E-state index in [0.717, 1.165) is 18.2 Å². The molecule has 0 heterocycles. The zero-order valence-corrected chi connectivity index (χ0v) is 14.6. The van der Waals surface area contributed by atoms with Crippen molar-refractivity contribution < 1.29 is 32.6 Å². The van der Waals surface area contributed by atoms with E-state index < -0.39 is 30.1 Å². The van der Waals surface area contributed by atoms with E-state index in [1.54, 1.807) is 18.2 Å². The highest BCUT2D eigenvalue weighted by molar-refractivity contribution is 5.94. The Labute approximate surface area is 154 Å². The fraction of sp³-hybridized carbons (Fsp3) is 0.158. The molecule has 0 radical (unpaired) electrons. The number of carbonyl (C=O) groups excluding carboxylic acids is 2. The summed E-state index contributed by atoms with van der Waals surface area (Å²) in [6, 6.07) is 7.82. The average molecular weight is 377 g/mol. The van der Waals surface area contributed by atoms with Gasteiger partial charge >= 0.3 is 5.97 Å². The van der Waals surface area contributed by atoms with Crippen LogP contribution in [0, 0.1) is 11.6 Å². The summed E-state index contributed by atoms with van der Waals surface area (Å²) in [5.41, 5.74) is 0.362. The average Bonchev–Trinajstić information content (AvgIpc) is 2.66. The van der Waals surface area contributed by atoms with Crippen molar-refractivity contribution in [3.8, 4) is 11.5 Å². The van der Waals surface area contributed by atoms with Crippen LogP contribution < -0.4 is 14.8 Å². The predicted molar refractivity (Wildman–Crippen MR) is 94.5 cm³/mol. The minimum absolute atomic E-state index is 0.214. The van der Waals surface area contributed by atoms with Crippen molar-refractivity contribution in [2.75, 3.05) is 26.1 Å². The number of hydrogen-bond donors (Lipinski definition) is 1. The molecule has 0 bridgehead atoms. The summed E-state index contributed by atoms with van der Waals surface area (Å²) in [7, 11) is 2.95. The number of carbonyl (C=O) groups is 2. The van der Waals surface area contributed by atoms with E-state index in [2.05, 4.69) is 5.32 Å². The second kappa shape index (κ2) is 9.33. The van der Waals surface area contributed by atoms with Gasteiger partial charge in [0.25, 0.3) is 5.91 Å². The number of rotatable bonds is 7. The van der Waals surface area contributed by atoms with Gasteiger partial charge in [-0.1, -0.05) is 12.1 Å². The number of benzene rings is 2. The molecule has 0 saturated carbocycles. The number of amides is 1. The van der Waals surface area contributed by atoms with Crippen LogP contribution in [0.25, 0.3) is 6.08 Å². The van der Waals surface area contributed by atoms with Crippen molar-refractivity contribution in [1.82, 2.24) is 0 Å². The number of para-hydroxylation sites is 1. The SMILES string of the molecule is COc1cccc(C=CC(=O)OCC(=O)Nc2ccc(F)cc2F)c1OC. The fourth-order valence-electron chi connectivity index (χ4n) is 2.16. The largest absolute Gasteiger partial charge is 0.493 e. The highest BCUT2D eigenvalue weighted by Crippen LogP contribution is 2.31. The predicted octanol–water partition coefficient (Wildman–Crippen LogP) is 3.18. The summed E-state index contributed by atoms with van der Waals surface area (Å²) in [5.74, 6) is -2.31. The first kappa shape index (κ1) is 19.9. The van der Waals surface area contributed by atoms with Gasteiger partial charge in [-0.15, -0.1) is 0 Å². The lowest BCUT2D eigenvalue weighted by atomic mass is 10.1. The summed E-state index contributed by atoms with van der Waals surface area (Å²) < 4.78 is 41.4. The summed E-state index contributed by atoms with van der Waals surface area (Å²) in [6.07, 6.45) is 2.56. The summed E-state index contributed by atoms with van der Waals surface area (Å²) in [4.78, 5) is 23.5. The van der Waals surface area contributed by atoms with Crippen LogP contribution in [0.5, 0.6) is 11.5 Å². The highest BCUT2D eigenvalue weighted by atomic mass is 19.1. The monoisotopic (exact) mass is 377 g/mol. The molecule has 8 heteroatoms. The molecule has 1 amide bonds. The fourth-order valence-corrected chi connectivity index (χ4v) is 2.16. The summed E-state index contributed by atoms with van der Waals surface area (Å²) in [6.45, 7) is -0.630. The van der Waals surface area contributed by atoms with Gasteiger partial charge in [0.2, 0.25) is 0 Å². The lowest BCUT2D eigenvalue weighted by Gasteiger charge is -2.09. The molecule has 2 aromatic rings. The van der Waals surface area contributed by atoms with E-state index in [0.29, 0.717) is 23.1 Å². The Bertz CT molecular complexity index is 867. The normalized spacial score (nSPS) is 10.5. The maximum Gasteiger partial charge on any atom is 0.331 e. The summed E-state index contributed by atoms with van der Waals surface area (Å²) >= 11 is 0. The molecule has 0 atom stereocenters. The number of anilines is 1. The van der Waals surface area contributed by atoms with Gasteiger partial charge in [0, 0.05) is 17.7 Å². The molecule has 0 aliphatic rings. The van der Waals surface area contributed by atoms with E-state index in [-0.39, 0.29) is 5.69 Å². The quantitative estimate of drug-likeness (QED) is 0.593. The Kier molecular flexibility index (Phi) is 6.87. The highest BCUT2D eigenvalue weighted by Gasteiger charge is 2.11. The minimum Gasteiger partial charge on any atom is -0.493 e. The van der Waals surface area contributed by atoms with Crippen molar-refractivity contribution >= 4 is 23.6 Å². The number of hydrogen-bond acceptors (Lipinski definition) is 5. The first-order valence-electron chi connectivity index (χ1n) is 7.75. The van der Waals surface area contributed by atoms with Crippen molar-refractivity contribution in [2.45, 2.75) is 0 Å². The van der Waals surface area contributed by atoms with Crippen LogP contribution in [0.2, 0.25) is 0 Å². The zero-order chi connectivity index (χ0) is 19.8. The topological polar surface area (TPSA) is 73.9 Å². The van der Waals surface area contributed by atoms with E-state index in [9.17, 15) is 18.4 Å². The van der Waals surface area contributed by atoms with Gasteiger partial charge < -0.3 is 19.5 Å². The molecule has 0 fully saturated rings. The van der Waals surface area contributed by atoms with Crippen LogP contribution in [-0.2, 0) is 14.3 Å². The Morgan fingerprint density at radius 3 is 2.56 bits per heavy atom. The minimum atomic E-state index is -0.931. The molecular weight excluding hydrogens is 360 g/mol. The van der Waals surface area contributed by atoms with Gasteiger partial charge in [-0.25, -0.2) is 13.6 Å². The van der Waals surface area contributed by atoms with E-state index >= 15 is 0 Å². The van der Waals surface area contributed by atoms with E-state index in [1.165, 1.54) is 20.3 Å². The molecule has 0 spiro atoms. The Hall–Kier alpha value is -3.42. The smallest absolute Gasteiger partial charge is 0.331 e. The molecule has 0 unspecified atom stereocenters. The number of methoxy groups -OCH3 is 2. The van der Waals surface area contributed by atoms with Crippen molar-refractivity contribution in [3.63, 3.8) is 0 Å². The van der Waals surface area contributed by atoms with Gasteiger partial charge in [0.05, 0.1) is 19.9 Å². The van der Waals surface area contributed by atoms with Gasteiger partial charge in [-0.05, 0) is 24.3 Å². The number of ether oxygens (including phenoxy) is 3. The van der Waals surface area contributed by atoms with Crippen molar-refractivity contribution in [1.29, 1.82) is 0 Å². The molecule has 1 N–H and O–H groups in total.